The summed E-state index contributed by atoms with van der Waals surface area (Å²) in [6, 6.07) is 32.8. The second-order valence-corrected chi connectivity index (χ2v) is 13.2. The van der Waals surface area contributed by atoms with Crippen molar-refractivity contribution in [3.8, 4) is 11.1 Å². The molecule has 4 aromatic carbocycles. The maximum absolute atomic E-state index is 8.25. The minimum atomic E-state index is 0.120. The molecule has 1 aliphatic rings. The van der Waals surface area contributed by atoms with Gasteiger partial charge in [0.2, 0.25) is 0 Å². The average molecular weight is 448 g/mol. The monoisotopic (exact) mass is 448 g/mol. The topological polar surface area (TPSA) is 46.1 Å². The Morgan fingerprint density at radius 2 is 1.43 bits per heavy atom. The molecular weight excluding hydrogens is 420 g/mol. The summed E-state index contributed by atoms with van der Waals surface area (Å²) in [6.45, 7) is 4.54. The van der Waals surface area contributed by atoms with Crippen LogP contribution in [0.25, 0.3) is 21.9 Å². The fourth-order valence-electron chi connectivity index (χ4n) is 3.07. The molecule has 5 rings (SSSR count). The van der Waals surface area contributed by atoms with E-state index < -0.39 is 0 Å². The number of fused-ring (bicyclic) bond motifs is 4. The predicted molar refractivity (Wildman–Crippen MR) is 122 cm³/mol. The van der Waals surface area contributed by atoms with Gasteiger partial charge in [0.05, 0.1) is 0 Å². The van der Waals surface area contributed by atoms with E-state index >= 15 is 0 Å². The molecule has 30 heavy (non-hydrogen) atoms. The van der Waals surface area contributed by atoms with Crippen LogP contribution in [0.4, 0.5) is 0 Å². The van der Waals surface area contributed by atoms with Crippen molar-refractivity contribution in [1.29, 1.82) is 0 Å². The fraction of sp³-hybridized carbons (Fsp3) is 0.192. The van der Waals surface area contributed by atoms with E-state index in [4.69, 9.17) is 10.2 Å². The second-order valence-electron chi connectivity index (χ2n) is 6.55. The molecule has 0 aromatic heterocycles. The minimum Gasteiger partial charge on any atom is -0.179 e. The first kappa shape index (κ1) is 26.2. The van der Waals surface area contributed by atoms with Crippen LogP contribution in [0.3, 0.4) is 0 Å². The summed E-state index contributed by atoms with van der Waals surface area (Å²) in [5, 5.41) is 19.2. The molecule has 0 radical (unpaired) electrons. The Balaban J connectivity index is 0.000000232. The molecule has 0 amide bonds. The summed E-state index contributed by atoms with van der Waals surface area (Å²) < 4.78 is 0. The zero-order valence-corrected chi connectivity index (χ0v) is 20.7. The van der Waals surface area contributed by atoms with Crippen molar-refractivity contribution in [2.45, 2.75) is 19.5 Å². The Morgan fingerprint density at radius 1 is 0.833 bits per heavy atom. The largest absolute Gasteiger partial charge is 0.179 e. The average Bonchev–Trinajstić information content (AvgIpc) is 3.41. The molecule has 2 nitrogen and oxygen atoms in total. The van der Waals surface area contributed by atoms with Crippen LogP contribution < -0.4 is 10.2 Å². The quantitative estimate of drug-likeness (QED) is 0.261. The Labute approximate surface area is 192 Å². The maximum atomic E-state index is 8.25. The fourth-order valence-corrected chi connectivity index (χ4v) is 3.07. The van der Waals surface area contributed by atoms with E-state index in [1.54, 1.807) is 0 Å². The molecule has 1 aliphatic carbocycles. The van der Waals surface area contributed by atoms with Crippen LogP contribution in [0, 0.1) is 6.07 Å². The van der Waals surface area contributed by atoms with Gasteiger partial charge in [0.1, 0.15) is 0 Å². The number of benzene rings is 3. The van der Waals surface area contributed by atoms with E-state index in [9.17, 15) is 0 Å². The van der Waals surface area contributed by atoms with Gasteiger partial charge in [0, 0.05) is 0 Å². The molecule has 0 saturated carbocycles. The summed E-state index contributed by atoms with van der Waals surface area (Å²) in [6.07, 6.45) is 1.17. The van der Waals surface area contributed by atoms with Gasteiger partial charge in [-0.2, -0.15) is 61.6 Å². The molecule has 0 spiro atoms. The zero-order chi connectivity index (χ0) is 22.4. The van der Waals surface area contributed by atoms with E-state index in [-0.39, 0.29) is 6.19 Å². The first-order valence-corrected chi connectivity index (χ1v) is 14.5. The number of hydrogen-bond acceptors (Lipinski definition) is 2. The van der Waals surface area contributed by atoms with Crippen molar-refractivity contribution in [1.82, 2.24) is 0 Å². The van der Waals surface area contributed by atoms with Crippen LogP contribution in [0.1, 0.15) is 11.1 Å². The molecule has 0 atom stereocenters. The van der Waals surface area contributed by atoms with Gasteiger partial charge in [-0.05, 0) is 6.42 Å². The molecule has 0 heterocycles. The van der Waals surface area contributed by atoms with Gasteiger partial charge in [0.15, 0.2) is 0 Å². The smallest absolute Gasteiger partial charge is 0.0253 e. The summed E-state index contributed by atoms with van der Waals surface area (Å²) in [5.41, 5.74) is 5.51. The van der Waals surface area contributed by atoms with Crippen LogP contribution >= 0.6 is 0 Å². The second kappa shape index (κ2) is 15.0. The Bertz CT molecular complexity index is 946. The van der Waals surface area contributed by atoms with Crippen LogP contribution in [0.2, 0.25) is 13.1 Å². The van der Waals surface area contributed by atoms with Gasteiger partial charge >= 0.3 is 38.5 Å². The summed E-state index contributed by atoms with van der Waals surface area (Å²) >= 11 is 2.27. The normalized spacial score (nSPS) is 9.73. The third-order valence-corrected chi connectivity index (χ3v) is 4.16. The molecule has 0 unspecified atom stereocenters. The van der Waals surface area contributed by atoms with Crippen LogP contribution in [-0.2, 0) is 25.6 Å². The maximum Gasteiger partial charge on any atom is -0.0253 e. The van der Waals surface area contributed by atoms with Crippen LogP contribution in [0.5, 0.6) is 0 Å². The van der Waals surface area contributed by atoms with Crippen molar-refractivity contribution in [3.05, 3.63) is 102 Å². The van der Waals surface area contributed by atoms with Gasteiger partial charge in [-0.15, -0.1) is 35.2 Å². The van der Waals surface area contributed by atoms with E-state index in [0.717, 1.165) is 20.6 Å². The molecular formula is C26H28O2SiTi-2. The molecule has 0 saturated heterocycles. The van der Waals surface area contributed by atoms with Crippen molar-refractivity contribution in [2.24, 2.45) is 0 Å². The number of rotatable bonds is 0. The van der Waals surface area contributed by atoms with Gasteiger partial charge in [-0.1, -0.05) is 41.5 Å². The first-order valence-electron chi connectivity index (χ1n) is 9.67. The summed E-state index contributed by atoms with van der Waals surface area (Å²) in [7, 11) is 1.50. The molecule has 4 aromatic rings. The Hall–Kier alpha value is -1.88. The number of hydrogen-bond donors (Lipinski definition) is 0. The molecule has 0 aliphatic heterocycles. The van der Waals surface area contributed by atoms with E-state index in [1.165, 1.54) is 33.0 Å². The van der Waals surface area contributed by atoms with Crippen molar-refractivity contribution in [2.75, 3.05) is 14.2 Å². The van der Waals surface area contributed by atoms with Gasteiger partial charge in [-0.3, -0.25) is 0 Å². The molecule has 0 bridgehead atoms. The standard InChI is InChI=1S/C13H9.C9H7.C2H6Si.2CH3O.Ti/c1-3-7-12-10(5-1)9-11-6-2-4-8-13(11)12;1-2-5-9-7-3-6-8(9)4-1;1-3-2;2*1-2;/h1-5,7-8H,9H2;1-7H;1-2H3;2*1H3;/q2*-1;;2*-1;+2. The molecule has 0 fully saturated rings. The van der Waals surface area contributed by atoms with Gasteiger partial charge in [0.25, 0.3) is 0 Å². The first-order chi connectivity index (χ1) is 14.6. The summed E-state index contributed by atoms with van der Waals surface area (Å²) in [5.74, 6) is 0. The van der Waals surface area contributed by atoms with E-state index in [0.29, 0.717) is 0 Å². The minimum absolute atomic E-state index is 0.120. The van der Waals surface area contributed by atoms with Crippen molar-refractivity contribution >= 4 is 17.0 Å². The third-order valence-electron chi connectivity index (χ3n) is 4.16. The van der Waals surface area contributed by atoms with E-state index in [1.807, 2.05) is 6.07 Å². The van der Waals surface area contributed by atoms with Gasteiger partial charge < -0.3 is 10.2 Å². The van der Waals surface area contributed by atoms with E-state index in [2.05, 4.69) is 117 Å². The Kier molecular flexibility index (Phi) is 13.1. The predicted octanol–water partition coefficient (Wildman–Crippen LogP) is 4.35. The van der Waals surface area contributed by atoms with Crippen LogP contribution in [0.15, 0.2) is 84.9 Å². The van der Waals surface area contributed by atoms with Crippen molar-refractivity contribution in [3.63, 3.8) is 0 Å². The van der Waals surface area contributed by atoms with Gasteiger partial charge in [-0.25, -0.2) is 0 Å². The SMILES string of the molecule is C[O-].C[O-].C[Si](C)=[Ti+2].[c-]1cccc2c1Cc1ccccc1-2.c1ccc2[cH-]ccc2c1. The molecule has 154 valence electrons. The molecule has 4 heteroatoms. The third kappa shape index (κ3) is 8.10. The molecule has 0 N–H and O–H groups in total. The zero-order valence-electron chi connectivity index (χ0n) is 18.1. The summed E-state index contributed by atoms with van der Waals surface area (Å²) in [4.78, 5) is 0. The van der Waals surface area contributed by atoms with Crippen molar-refractivity contribution < 1.29 is 29.4 Å². The van der Waals surface area contributed by atoms with Crippen LogP contribution in [-0.4, -0.2) is 20.4 Å². The Morgan fingerprint density at radius 3 is 2.13 bits per heavy atom.